The molecule has 1 fully saturated rings. The number of hydrogen-bond donors (Lipinski definition) is 0. The first-order valence-corrected chi connectivity index (χ1v) is 8.61. The van der Waals surface area contributed by atoms with Crippen molar-refractivity contribution in [3.05, 3.63) is 41.6 Å². The van der Waals surface area contributed by atoms with Gasteiger partial charge >= 0.3 is 0 Å². The molecule has 0 radical (unpaired) electrons. The second kappa shape index (κ2) is 6.75. The smallest absolute Gasteiger partial charge is 0.259 e. The molecule has 2 aromatic rings. The van der Waals surface area contributed by atoms with Crippen LogP contribution in [0.3, 0.4) is 0 Å². The summed E-state index contributed by atoms with van der Waals surface area (Å²) in [5, 5.41) is 0.488. The van der Waals surface area contributed by atoms with Crippen molar-refractivity contribution in [2.75, 3.05) is 13.1 Å². The van der Waals surface area contributed by atoms with Crippen molar-refractivity contribution in [3.8, 4) is 11.3 Å². The summed E-state index contributed by atoms with van der Waals surface area (Å²) in [5.41, 5.74) is -0.503. The number of amides is 1. The lowest BCUT2D eigenvalue weighted by molar-refractivity contribution is -0.143. The van der Waals surface area contributed by atoms with Gasteiger partial charge in [0.15, 0.2) is 5.67 Å². The molecule has 25 heavy (non-hydrogen) atoms. The molecule has 2 heterocycles. The Morgan fingerprint density at radius 2 is 1.84 bits per heavy atom. The number of halogens is 3. The number of rotatable bonds is 3. The molecule has 1 saturated heterocycles. The highest BCUT2D eigenvalue weighted by Crippen LogP contribution is 2.33. The molecule has 0 N–H and O–H groups in total. The third-order valence-corrected chi connectivity index (χ3v) is 4.88. The van der Waals surface area contributed by atoms with Crippen LogP contribution >= 0.6 is 11.6 Å². The van der Waals surface area contributed by atoms with E-state index >= 15 is 0 Å². The molecular formula is C18H20ClF2N3O. The molecule has 3 rings (SSSR count). The monoisotopic (exact) mass is 367 g/mol. The summed E-state index contributed by atoms with van der Waals surface area (Å²) in [6, 6.07) is 6.11. The Morgan fingerprint density at radius 1 is 1.24 bits per heavy atom. The van der Waals surface area contributed by atoms with E-state index in [1.54, 1.807) is 23.4 Å². The summed E-state index contributed by atoms with van der Waals surface area (Å²) in [6.07, 6.45) is 3.03. The summed E-state index contributed by atoms with van der Waals surface area (Å²) < 4.78 is 28.8. The predicted molar refractivity (Wildman–Crippen MR) is 92.7 cm³/mol. The van der Waals surface area contributed by atoms with Gasteiger partial charge in [-0.05, 0) is 51.0 Å². The van der Waals surface area contributed by atoms with Crippen molar-refractivity contribution in [1.82, 2.24) is 14.5 Å². The van der Waals surface area contributed by atoms with Gasteiger partial charge in [0.05, 0.1) is 6.33 Å². The molecule has 0 unspecified atom stereocenters. The van der Waals surface area contributed by atoms with E-state index in [4.69, 9.17) is 11.6 Å². The normalized spacial score (nSPS) is 16.3. The Balaban J connectivity index is 1.72. The molecule has 1 aliphatic rings. The number of carbonyl (C=O) groups excluding carboxylic acids is 1. The lowest BCUT2D eigenvalue weighted by atomic mass is 10.0. The molecule has 0 aliphatic carbocycles. The molecule has 4 nitrogen and oxygen atoms in total. The number of carbonyl (C=O) groups is 1. The van der Waals surface area contributed by atoms with E-state index in [-0.39, 0.29) is 11.9 Å². The molecule has 0 spiro atoms. The van der Waals surface area contributed by atoms with Crippen LogP contribution in [0.2, 0.25) is 5.15 Å². The molecule has 7 heteroatoms. The van der Waals surface area contributed by atoms with Crippen LogP contribution in [-0.4, -0.2) is 39.1 Å². The highest BCUT2D eigenvalue weighted by molar-refractivity contribution is 6.32. The van der Waals surface area contributed by atoms with Gasteiger partial charge in [-0.2, -0.15) is 0 Å². The average molecular weight is 368 g/mol. The van der Waals surface area contributed by atoms with E-state index in [9.17, 15) is 13.6 Å². The molecule has 1 aliphatic heterocycles. The maximum absolute atomic E-state index is 13.8. The number of nitrogens with zero attached hydrogens (tertiary/aromatic N) is 3. The minimum absolute atomic E-state index is 0.0981. The quantitative estimate of drug-likeness (QED) is 0.813. The fourth-order valence-corrected chi connectivity index (χ4v) is 3.46. The largest absolute Gasteiger partial charge is 0.340 e. The zero-order valence-electron chi connectivity index (χ0n) is 14.2. The van der Waals surface area contributed by atoms with Crippen LogP contribution in [0.1, 0.15) is 32.7 Å². The van der Waals surface area contributed by atoms with Gasteiger partial charge in [-0.1, -0.05) is 11.6 Å². The van der Waals surface area contributed by atoms with E-state index in [0.717, 1.165) is 5.56 Å². The van der Waals surface area contributed by atoms with Gasteiger partial charge in [0, 0.05) is 24.7 Å². The standard InChI is InChI=1S/C18H20ClF2N3O/c1-18(2,21)17(25)23-9-7-14(8-10-23)24-11-22-15(16(24)19)12-3-5-13(20)6-4-12/h3-6,11,14H,7-10H2,1-2H3. The molecule has 0 bridgehead atoms. The van der Waals surface area contributed by atoms with Crippen LogP contribution in [0.5, 0.6) is 0 Å². The summed E-state index contributed by atoms with van der Waals surface area (Å²) in [5.74, 6) is -0.790. The van der Waals surface area contributed by atoms with Gasteiger partial charge in [0.1, 0.15) is 16.7 Å². The van der Waals surface area contributed by atoms with Gasteiger partial charge in [-0.25, -0.2) is 13.8 Å². The lowest BCUT2D eigenvalue weighted by Crippen LogP contribution is -2.46. The minimum atomic E-state index is -1.85. The maximum atomic E-state index is 13.8. The Bertz CT molecular complexity index is 760. The summed E-state index contributed by atoms with van der Waals surface area (Å²) in [6.45, 7) is 3.53. The van der Waals surface area contributed by atoms with Gasteiger partial charge < -0.3 is 9.47 Å². The van der Waals surface area contributed by atoms with Gasteiger partial charge in [-0.15, -0.1) is 0 Å². The molecule has 1 aromatic carbocycles. The van der Waals surface area contributed by atoms with E-state index < -0.39 is 11.6 Å². The van der Waals surface area contributed by atoms with Crippen molar-refractivity contribution >= 4 is 17.5 Å². The lowest BCUT2D eigenvalue weighted by Gasteiger charge is -2.35. The Kier molecular flexibility index (Phi) is 4.82. The van der Waals surface area contributed by atoms with Crippen LogP contribution in [0.25, 0.3) is 11.3 Å². The minimum Gasteiger partial charge on any atom is -0.340 e. The van der Waals surface area contributed by atoms with Crippen molar-refractivity contribution in [3.63, 3.8) is 0 Å². The molecular weight excluding hydrogens is 348 g/mol. The van der Waals surface area contributed by atoms with Crippen LogP contribution in [0.15, 0.2) is 30.6 Å². The van der Waals surface area contributed by atoms with Crippen molar-refractivity contribution in [1.29, 1.82) is 0 Å². The second-order valence-electron chi connectivity index (χ2n) is 6.79. The first kappa shape index (κ1) is 17.9. The fourth-order valence-electron chi connectivity index (χ4n) is 3.13. The molecule has 0 atom stereocenters. The van der Waals surface area contributed by atoms with Crippen molar-refractivity contribution in [2.24, 2.45) is 0 Å². The average Bonchev–Trinajstić information content (AvgIpc) is 2.96. The Hall–Kier alpha value is -1.95. The zero-order chi connectivity index (χ0) is 18.2. The van der Waals surface area contributed by atoms with Crippen LogP contribution in [0, 0.1) is 5.82 Å². The summed E-state index contributed by atoms with van der Waals surface area (Å²) in [7, 11) is 0. The first-order valence-electron chi connectivity index (χ1n) is 8.24. The first-order chi connectivity index (χ1) is 11.8. The van der Waals surface area contributed by atoms with E-state index in [0.29, 0.717) is 36.8 Å². The van der Waals surface area contributed by atoms with E-state index in [1.165, 1.54) is 26.0 Å². The molecule has 0 saturated carbocycles. The van der Waals surface area contributed by atoms with Crippen LogP contribution in [0.4, 0.5) is 8.78 Å². The van der Waals surface area contributed by atoms with Crippen molar-refractivity contribution < 1.29 is 13.6 Å². The van der Waals surface area contributed by atoms with E-state index in [2.05, 4.69) is 4.98 Å². The van der Waals surface area contributed by atoms with Crippen LogP contribution < -0.4 is 0 Å². The topological polar surface area (TPSA) is 38.1 Å². The predicted octanol–water partition coefficient (Wildman–Crippen LogP) is 4.25. The SMILES string of the molecule is CC(C)(F)C(=O)N1CCC(n2cnc(-c3ccc(F)cc3)c2Cl)CC1. The zero-order valence-corrected chi connectivity index (χ0v) is 14.9. The third-order valence-electron chi connectivity index (χ3n) is 4.50. The number of benzene rings is 1. The number of likely N-dealkylation sites (tertiary alicyclic amines) is 1. The highest BCUT2D eigenvalue weighted by Gasteiger charge is 2.34. The van der Waals surface area contributed by atoms with Crippen molar-refractivity contribution in [2.45, 2.75) is 38.4 Å². The molecule has 1 aromatic heterocycles. The molecule has 1 amide bonds. The Labute approximate surface area is 150 Å². The number of aromatic nitrogens is 2. The summed E-state index contributed by atoms with van der Waals surface area (Å²) in [4.78, 5) is 17.9. The third kappa shape index (κ3) is 3.68. The Morgan fingerprint density at radius 3 is 2.40 bits per heavy atom. The maximum Gasteiger partial charge on any atom is 0.259 e. The number of alkyl halides is 1. The van der Waals surface area contributed by atoms with Crippen LogP contribution in [-0.2, 0) is 4.79 Å². The summed E-state index contributed by atoms with van der Waals surface area (Å²) >= 11 is 6.47. The van der Waals surface area contributed by atoms with E-state index in [1.807, 2.05) is 4.57 Å². The fraction of sp³-hybridized carbons (Fsp3) is 0.444. The second-order valence-corrected chi connectivity index (χ2v) is 7.15. The van der Waals surface area contributed by atoms with Gasteiger partial charge in [0.2, 0.25) is 0 Å². The number of piperidine rings is 1. The number of imidazole rings is 1. The highest BCUT2D eigenvalue weighted by atomic mass is 35.5. The number of hydrogen-bond acceptors (Lipinski definition) is 2. The molecule has 134 valence electrons. The van der Waals surface area contributed by atoms with Gasteiger partial charge in [-0.3, -0.25) is 4.79 Å². The van der Waals surface area contributed by atoms with Gasteiger partial charge in [0.25, 0.3) is 5.91 Å².